The third-order valence-electron chi connectivity index (χ3n) is 6.04. The van der Waals surface area contributed by atoms with Crippen LogP contribution in [0.5, 0.6) is 0 Å². The van der Waals surface area contributed by atoms with Crippen LogP contribution in [0, 0.1) is 5.92 Å². The number of rotatable bonds is 13. The standard InChI is InChI=1S/C28H35Cl2N3O3S/c1-4-5-17-33(37(35,36)26-14-12-24(29)13-15-26)21-28(34)32(18-22(2)3)20-25-10-8-16-31(25)19-23-9-6-7-11-27(23)30/h6-16,22H,4-5,17-21H2,1-3H3. The molecule has 0 N–H and O–H groups in total. The van der Waals surface area contributed by atoms with Gasteiger partial charge in [-0.1, -0.05) is 68.6 Å². The van der Waals surface area contributed by atoms with E-state index in [0.717, 1.165) is 17.7 Å². The van der Waals surface area contributed by atoms with Gasteiger partial charge in [0.05, 0.1) is 18.0 Å². The SMILES string of the molecule is CCCCN(CC(=O)N(Cc1cccn1Cc1ccccc1Cl)CC(C)C)S(=O)(=O)c1ccc(Cl)cc1. The molecule has 3 aromatic rings. The fourth-order valence-corrected chi connectivity index (χ4v) is 5.82. The van der Waals surface area contributed by atoms with Gasteiger partial charge in [0.2, 0.25) is 15.9 Å². The van der Waals surface area contributed by atoms with Crippen LogP contribution in [-0.2, 0) is 27.9 Å². The van der Waals surface area contributed by atoms with Crippen molar-refractivity contribution in [1.29, 1.82) is 0 Å². The van der Waals surface area contributed by atoms with Gasteiger partial charge in [0, 0.05) is 41.6 Å². The molecule has 0 unspecified atom stereocenters. The first-order chi connectivity index (χ1) is 17.6. The molecule has 6 nitrogen and oxygen atoms in total. The highest BCUT2D eigenvalue weighted by Gasteiger charge is 2.28. The number of carbonyl (C=O) groups is 1. The van der Waals surface area contributed by atoms with Crippen LogP contribution in [0.2, 0.25) is 10.0 Å². The zero-order valence-electron chi connectivity index (χ0n) is 21.6. The summed E-state index contributed by atoms with van der Waals surface area (Å²) in [6, 6.07) is 17.7. The number of hydrogen-bond donors (Lipinski definition) is 0. The van der Waals surface area contributed by atoms with Crippen molar-refractivity contribution in [2.45, 2.75) is 51.6 Å². The molecule has 0 spiro atoms. The monoisotopic (exact) mass is 563 g/mol. The van der Waals surface area contributed by atoms with Crippen LogP contribution < -0.4 is 0 Å². The number of amides is 1. The lowest BCUT2D eigenvalue weighted by Crippen LogP contribution is -2.44. The molecule has 0 saturated carbocycles. The van der Waals surface area contributed by atoms with Gasteiger partial charge in [-0.25, -0.2) is 8.42 Å². The molecule has 1 aromatic heterocycles. The van der Waals surface area contributed by atoms with Crippen LogP contribution in [0.3, 0.4) is 0 Å². The second-order valence-electron chi connectivity index (χ2n) is 9.53. The molecule has 0 radical (unpaired) electrons. The van der Waals surface area contributed by atoms with E-state index < -0.39 is 10.0 Å². The molecule has 200 valence electrons. The van der Waals surface area contributed by atoms with Gasteiger partial charge in [0.15, 0.2) is 0 Å². The number of nitrogens with zero attached hydrogens (tertiary/aromatic N) is 3. The van der Waals surface area contributed by atoms with E-state index in [4.69, 9.17) is 23.2 Å². The number of unbranched alkanes of at least 4 members (excludes halogenated alkanes) is 1. The molecule has 1 heterocycles. The van der Waals surface area contributed by atoms with E-state index in [1.54, 1.807) is 17.0 Å². The molecule has 2 aromatic carbocycles. The highest BCUT2D eigenvalue weighted by atomic mass is 35.5. The van der Waals surface area contributed by atoms with Crippen molar-refractivity contribution in [3.05, 3.63) is 88.2 Å². The van der Waals surface area contributed by atoms with Crippen molar-refractivity contribution in [3.63, 3.8) is 0 Å². The van der Waals surface area contributed by atoms with Crippen LogP contribution in [0.25, 0.3) is 0 Å². The van der Waals surface area contributed by atoms with Gasteiger partial charge in [0.1, 0.15) is 0 Å². The largest absolute Gasteiger partial charge is 0.345 e. The molecule has 0 fully saturated rings. The summed E-state index contributed by atoms with van der Waals surface area (Å²) in [6.07, 6.45) is 3.44. The molecule has 37 heavy (non-hydrogen) atoms. The summed E-state index contributed by atoms with van der Waals surface area (Å²) in [7, 11) is -3.86. The maximum Gasteiger partial charge on any atom is 0.243 e. The highest BCUT2D eigenvalue weighted by Crippen LogP contribution is 2.21. The minimum atomic E-state index is -3.86. The van der Waals surface area contributed by atoms with Gasteiger partial charge in [-0.05, 0) is 60.4 Å². The summed E-state index contributed by atoms with van der Waals surface area (Å²) in [5.74, 6) is -0.0132. The zero-order valence-corrected chi connectivity index (χ0v) is 23.9. The molecule has 0 bridgehead atoms. The van der Waals surface area contributed by atoms with Crippen molar-refractivity contribution in [1.82, 2.24) is 13.8 Å². The fraction of sp³-hybridized carbons (Fsp3) is 0.393. The average molecular weight is 565 g/mol. The summed E-state index contributed by atoms with van der Waals surface area (Å²) < 4.78 is 30.2. The zero-order chi connectivity index (χ0) is 27.0. The Kier molecular flexibility index (Phi) is 10.6. The predicted molar refractivity (Wildman–Crippen MR) is 150 cm³/mol. The Morgan fingerprint density at radius 2 is 1.70 bits per heavy atom. The van der Waals surface area contributed by atoms with Gasteiger partial charge in [-0.15, -0.1) is 0 Å². The second-order valence-corrected chi connectivity index (χ2v) is 12.3. The smallest absolute Gasteiger partial charge is 0.243 e. The lowest BCUT2D eigenvalue weighted by Gasteiger charge is -2.29. The van der Waals surface area contributed by atoms with Crippen molar-refractivity contribution in [2.24, 2.45) is 5.92 Å². The van der Waals surface area contributed by atoms with Crippen LogP contribution in [0.4, 0.5) is 0 Å². The summed E-state index contributed by atoms with van der Waals surface area (Å²) in [5, 5.41) is 1.15. The van der Waals surface area contributed by atoms with E-state index in [-0.39, 0.29) is 29.8 Å². The van der Waals surface area contributed by atoms with Crippen LogP contribution in [-0.4, -0.2) is 47.7 Å². The van der Waals surface area contributed by atoms with Crippen LogP contribution >= 0.6 is 23.2 Å². The Labute approximate surface area is 230 Å². The lowest BCUT2D eigenvalue weighted by atomic mass is 10.2. The first-order valence-electron chi connectivity index (χ1n) is 12.5. The molecule has 0 aliphatic carbocycles. The Morgan fingerprint density at radius 1 is 1.00 bits per heavy atom. The highest BCUT2D eigenvalue weighted by molar-refractivity contribution is 7.89. The van der Waals surface area contributed by atoms with Crippen LogP contribution in [0.15, 0.2) is 71.8 Å². The van der Waals surface area contributed by atoms with Crippen molar-refractivity contribution in [3.8, 4) is 0 Å². The number of carbonyl (C=O) groups excluding carboxylic acids is 1. The lowest BCUT2D eigenvalue weighted by molar-refractivity contribution is -0.132. The number of benzene rings is 2. The Balaban J connectivity index is 1.83. The Bertz CT molecular complexity index is 1270. The van der Waals surface area contributed by atoms with Crippen LogP contribution in [0.1, 0.15) is 44.9 Å². The minimum Gasteiger partial charge on any atom is -0.345 e. The van der Waals surface area contributed by atoms with E-state index in [2.05, 4.69) is 4.57 Å². The first kappa shape index (κ1) is 29.2. The molecule has 1 amide bonds. The van der Waals surface area contributed by atoms with Crippen molar-refractivity contribution >= 4 is 39.1 Å². The normalized spacial score (nSPS) is 11.9. The second kappa shape index (κ2) is 13.5. The number of halogens is 2. The molecule has 0 saturated heterocycles. The number of aromatic nitrogens is 1. The predicted octanol–water partition coefficient (Wildman–Crippen LogP) is 6.32. The third kappa shape index (κ3) is 8.08. The Morgan fingerprint density at radius 3 is 2.35 bits per heavy atom. The van der Waals surface area contributed by atoms with Gasteiger partial charge in [-0.3, -0.25) is 4.79 Å². The van der Waals surface area contributed by atoms with E-state index >= 15 is 0 Å². The first-order valence-corrected chi connectivity index (χ1v) is 14.7. The fourth-order valence-electron chi connectivity index (χ4n) is 4.07. The number of sulfonamides is 1. The van der Waals surface area contributed by atoms with Gasteiger partial charge in [-0.2, -0.15) is 4.31 Å². The topological polar surface area (TPSA) is 62.6 Å². The van der Waals surface area contributed by atoms with Gasteiger partial charge < -0.3 is 9.47 Å². The molecule has 9 heteroatoms. The van der Waals surface area contributed by atoms with E-state index in [9.17, 15) is 13.2 Å². The molecule has 3 rings (SSSR count). The summed E-state index contributed by atoms with van der Waals surface area (Å²) in [4.78, 5) is 15.5. The molecular formula is C28H35Cl2N3O3S. The van der Waals surface area contributed by atoms with Gasteiger partial charge >= 0.3 is 0 Å². The Hall–Kier alpha value is -2.32. The number of hydrogen-bond acceptors (Lipinski definition) is 3. The summed E-state index contributed by atoms with van der Waals surface area (Å²) in [6.45, 7) is 7.60. The van der Waals surface area contributed by atoms with E-state index in [0.29, 0.717) is 36.1 Å². The quantitative estimate of drug-likeness (QED) is 0.244. The third-order valence-corrected chi connectivity index (χ3v) is 8.52. The van der Waals surface area contributed by atoms with E-state index in [1.165, 1.54) is 16.4 Å². The maximum atomic E-state index is 13.6. The molecular weight excluding hydrogens is 529 g/mol. The van der Waals surface area contributed by atoms with E-state index in [1.807, 2.05) is 63.4 Å². The van der Waals surface area contributed by atoms with Crippen molar-refractivity contribution in [2.75, 3.05) is 19.6 Å². The van der Waals surface area contributed by atoms with Gasteiger partial charge in [0.25, 0.3) is 0 Å². The summed E-state index contributed by atoms with van der Waals surface area (Å²) in [5.41, 5.74) is 1.94. The summed E-state index contributed by atoms with van der Waals surface area (Å²) >= 11 is 12.3. The molecule has 0 aliphatic rings. The minimum absolute atomic E-state index is 0.129. The van der Waals surface area contributed by atoms with Crippen molar-refractivity contribution < 1.29 is 13.2 Å². The molecule has 0 atom stereocenters. The molecule has 0 aliphatic heterocycles. The maximum absolute atomic E-state index is 13.6. The average Bonchev–Trinajstić information content (AvgIpc) is 3.29.